The Morgan fingerprint density at radius 3 is 2.33 bits per heavy atom. The van der Waals surface area contributed by atoms with E-state index in [1.54, 1.807) is 41.2 Å². The van der Waals surface area contributed by atoms with Crippen LogP contribution in [0.1, 0.15) is 11.1 Å². The Labute approximate surface area is 192 Å². The maximum Gasteiger partial charge on any atom is 0.416 e. The molecule has 0 aliphatic carbocycles. The number of carbonyl (C=O) groups excluding carboxylic acids is 1. The van der Waals surface area contributed by atoms with E-state index in [0.29, 0.717) is 16.4 Å². The number of rotatable bonds is 6. The number of nitrogens with one attached hydrogen (secondary N) is 2. The molecule has 5 nitrogen and oxygen atoms in total. The van der Waals surface area contributed by atoms with Crippen LogP contribution < -0.4 is 10.7 Å². The second kappa shape index (κ2) is 9.38. The van der Waals surface area contributed by atoms with Gasteiger partial charge in [-0.15, -0.1) is 0 Å². The quantitative estimate of drug-likeness (QED) is 0.253. The van der Waals surface area contributed by atoms with Gasteiger partial charge in [0.15, 0.2) is 0 Å². The highest BCUT2D eigenvalue weighted by molar-refractivity contribution is 6.30. The lowest BCUT2D eigenvalue weighted by atomic mass is 10.2. The summed E-state index contributed by atoms with van der Waals surface area (Å²) in [6, 6.07) is 19.0. The van der Waals surface area contributed by atoms with Crippen LogP contribution >= 0.6 is 11.6 Å². The lowest BCUT2D eigenvalue weighted by molar-refractivity contribution is -0.137. The van der Waals surface area contributed by atoms with Gasteiger partial charge in [-0.1, -0.05) is 29.8 Å². The average Bonchev–Trinajstić information content (AvgIpc) is 3.12. The largest absolute Gasteiger partial charge is 0.416 e. The summed E-state index contributed by atoms with van der Waals surface area (Å²) in [6.07, 6.45) is -1.03. The summed E-state index contributed by atoms with van der Waals surface area (Å²) in [4.78, 5) is 12.5. The molecule has 9 heteroatoms. The Morgan fingerprint density at radius 1 is 0.970 bits per heavy atom. The standard InChI is InChI=1S/C24H18ClF3N4O/c25-18-7-11-19(12-8-18)30-23(33)15-32-14-16(21-3-1-2-4-22(21)32)13-29-31-20-9-5-17(6-10-20)24(26,27)28/h1-14,31H,15H2,(H,30,33)/b29-13+. The molecule has 0 spiro atoms. The van der Waals surface area contributed by atoms with Crippen molar-refractivity contribution in [3.05, 3.63) is 95.1 Å². The van der Waals surface area contributed by atoms with E-state index >= 15 is 0 Å². The van der Waals surface area contributed by atoms with Crippen molar-refractivity contribution in [2.24, 2.45) is 5.10 Å². The summed E-state index contributed by atoms with van der Waals surface area (Å²) in [7, 11) is 0. The molecule has 0 aliphatic rings. The van der Waals surface area contributed by atoms with Crippen molar-refractivity contribution in [3.8, 4) is 0 Å². The minimum atomic E-state index is -4.39. The van der Waals surface area contributed by atoms with Crippen molar-refractivity contribution < 1.29 is 18.0 Å². The number of amides is 1. The van der Waals surface area contributed by atoms with Crippen LogP contribution in [0, 0.1) is 0 Å². The third-order valence-electron chi connectivity index (χ3n) is 4.87. The van der Waals surface area contributed by atoms with Gasteiger partial charge >= 0.3 is 6.18 Å². The number of benzene rings is 3. The molecular formula is C24H18ClF3N4O. The number of alkyl halides is 3. The smallest absolute Gasteiger partial charge is 0.337 e. The SMILES string of the molecule is O=C(Cn1cc(/C=N/Nc2ccc(C(F)(F)F)cc2)c2ccccc21)Nc1ccc(Cl)cc1. The first-order valence-corrected chi connectivity index (χ1v) is 10.3. The Kier molecular flexibility index (Phi) is 6.37. The molecule has 0 saturated heterocycles. The van der Waals surface area contributed by atoms with Gasteiger partial charge in [-0.3, -0.25) is 10.2 Å². The van der Waals surface area contributed by atoms with Crippen LogP contribution in [0.15, 0.2) is 84.1 Å². The maximum absolute atomic E-state index is 12.7. The van der Waals surface area contributed by atoms with Gasteiger partial charge in [0.25, 0.3) is 0 Å². The normalized spacial score (nSPS) is 11.8. The average molecular weight is 471 g/mol. The minimum absolute atomic E-state index is 0.0866. The van der Waals surface area contributed by atoms with E-state index < -0.39 is 11.7 Å². The summed E-state index contributed by atoms with van der Waals surface area (Å²) in [5.41, 5.74) is 4.67. The monoisotopic (exact) mass is 470 g/mol. The van der Waals surface area contributed by atoms with Gasteiger partial charge in [-0.25, -0.2) is 0 Å². The van der Waals surface area contributed by atoms with Crippen molar-refractivity contribution >= 4 is 46.0 Å². The number of hydrogen-bond donors (Lipinski definition) is 2. The van der Waals surface area contributed by atoms with Crippen molar-refractivity contribution in [2.45, 2.75) is 12.7 Å². The van der Waals surface area contributed by atoms with E-state index in [1.807, 2.05) is 24.3 Å². The number of aromatic nitrogens is 1. The fraction of sp³-hybridized carbons (Fsp3) is 0.0833. The van der Waals surface area contributed by atoms with Gasteiger partial charge < -0.3 is 9.88 Å². The van der Waals surface area contributed by atoms with Crippen LogP contribution in [0.4, 0.5) is 24.5 Å². The highest BCUT2D eigenvalue weighted by atomic mass is 35.5. The first kappa shape index (κ1) is 22.4. The van der Waals surface area contributed by atoms with Crippen molar-refractivity contribution in [1.29, 1.82) is 0 Å². The molecule has 0 unspecified atom stereocenters. The van der Waals surface area contributed by atoms with E-state index in [2.05, 4.69) is 15.8 Å². The number of hydrogen-bond acceptors (Lipinski definition) is 3. The lowest BCUT2D eigenvalue weighted by Crippen LogP contribution is -2.18. The van der Waals surface area contributed by atoms with E-state index in [9.17, 15) is 18.0 Å². The second-order valence-corrected chi connectivity index (χ2v) is 7.67. The zero-order valence-electron chi connectivity index (χ0n) is 17.1. The Balaban J connectivity index is 1.48. The van der Waals surface area contributed by atoms with E-state index in [4.69, 9.17) is 11.6 Å². The summed E-state index contributed by atoms with van der Waals surface area (Å²) >= 11 is 5.87. The molecule has 0 fully saturated rings. The fourth-order valence-corrected chi connectivity index (χ4v) is 3.43. The molecule has 4 aromatic rings. The number of anilines is 2. The molecule has 1 aromatic heterocycles. The molecule has 4 rings (SSSR count). The highest BCUT2D eigenvalue weighted by Crippen LogP contribution is 2.29. The number of halogens is 4. The van der Waals surface area contributed by atoms with Gasteiger partial charge in [0.05, 0.1) is 17.5 Å². The number of para-hydroxylation sites is 1. The molecule has 1 amide bonds. The predicted molar refractivity (Wildman–Crippen MR) is 125 cm³/mol. The van der Waals surface area contributed by atoms with Crippen molar-refractivity contribution in [1.82, 2.24) is 4.57 Å². The highest BCUT2D eigenvalue weighted by Gasteiger charge is 2.29. The van der Waals surface area contributed by atoms with Crippen LogP contribution in [0.2, 0.25) is 5.02 Å². The Hall–Kier alpha value is -3.78. The van der Waals surface area contributed by atoms with Gasteiger partial charge in [0, 0.05) is 33.4 Å². The summed E-state index contributed by atoms with van der Waals surface area (Å²) in [5, 5.41) is 8.43. The molecule has 2 N–H and O–H groups in total. The van der Waals surface area contributed by atoms with Crippen molar-refractivity contribution in [2.75, 3.05) is 10.7 Å². The van der Waals surface area contributed by atoms with E-state index in [0.717, 1.165) is 28.6 Å². The van der Waals surface area contributed by atoms with Gasteiger partial charge in [-0.05, 0) is 54.6 Å². The molecule has 3 aromatic carbocycles. The Morgan fingerprint density at radius 2 is 1.64 bits per heavy atom. The number of nitrogens with zero attached hydrogens (tertiary/aromatic N) is 2. The molecule has 0 saturated carbocycles. The first-order chi connectivity index (χ1) is 15.8. The minimum Gasteiger partial charge on any atom is -0.337 e. The summed E-state index contributed by atoms with van der Waals surface area (Å²) < 4.78 is 39.9. The fourth-order valence-electron chi connectivity index (χ4n) is 3.31. The second-order valence-electron chi connectivity index (χ2n) is 7.23. The number of carbonyl (C=O) groups is 1. The molecule has 0 atom stereocenters. The lowest BCUT2D eigenvalue weighted by Gasteiger charge is -2.07. The Bertz CT molecular complexity index is 1300. The number of fused-ring (bicyclic) bond motifs is 1. The maximum atomic E-state index is 12.7. The first-order valence-electron chi connectivity index (χ1n) is 9.89. The number of hydrazone groups is 1. The van der Waals surface area contributed by atoms with E-state index in [1.165, 1.54) is 12.1 Å². The zero-order chi connectivity index (χ0) is 23.4. The third kappa shape index (κ3) is 5.53. The molecule has 0 bridgehead atoms. The molecule has 0 radical (unpaired) electrons. The molecule has 1 heterocycles. The molecular weight excluding hydrogens is 453 g/mol. The van der Waals surface area contributed by atoms with Gasteiger partial charge in [-0.2, -0.15) is 18.3 Å². The molecule has 0 aliphatic heterocycles. The molecule has 168 valence electrons. The third-order valence-corrected chi connectivity index (χ3v) is 5.12. The van der Waals surface area contributed by atoms with Crippen LogP contribution in [0.5, 0.6) is 0 Å². The van der Waals surface area contributed by atoms with Crippen LogP contribution in [-0.4, -0.2) is 16.7 Å². The van der Waals surface area contributed by atoms with E-state index in [-0.39, 0.29) is 12.5 Å². The van der Waals surface area contributed by atoms with Crippen LogP contribution in [0.25, 0.3) is 10.9 Å². The van der Waals surface area contributed by atoms with Crippen LogP contribution in [0.3, 0.4) is 0 Å². The van der Waals surface area contributed by atoms with Gasteiger partial charge in [0.2, 0.25) is 5.91 Å². The predicted octanol–water partition coefficient (Wildman–Crippen LogP) is 6.40. The summed E-state index contributed by atoms with van der Waals surface area (Å²) in [6.45, 7) is 0.0866. The molecule has 33 heavy (non-hydrogen) atoms. The summed E-state index contributed by atoms with van der Waals surface area (Å²) in [5.74, 6) is -0.204. The topological polar surface area (TPSA) is 58.4 Å². The van der Waals surface area contributed by atoms with Crippen molar-refractivity contribution in [3.63, 3.8) is 0 Å². The zero-order valence-corrected chi connectivity index (χ0v) is 17.9. The van der Waals surface area contributed by atoms with Gasteiger partial charge in [0.1, 0.15) is 6.54 Å². The van der Waals surface area contributed by atoms with Crippen LogP contribution in [-0.2, 0) is 17.5 Å².